The Kier molecular flexibility index (Phi) is 4.43. The number of sulfonamides is 1. The van der Waals surface area contributed by atoms with E-state index in [1.165, 1.54) is 10.4 Å². The highest BCUT2D eigenvalue weighted by Crippen LogP contribution is 2.32. The van der Waals surface area contributed by atoms with Gasteiger partial charge in [0.2, 0.25) is 15.8 Å². The Balaban J connectivity index is 1.64. The summed E-state index contributed by atoms with van der Waals surface area (Å²) >= 11 is 0. The molecule has 0 amide bonds. The lowest BCUT2D eigenvalue weighted by molar-refractivity contribution is 0.0651. The summed E-state index contributed by atoms with van der Waals surface area (Å²) in [5.41, 5.74) is 0.581. The molecule has 1 aromatic heterocycles. The number of aromatic carboxylic acids is 1. The molecule has 9 heteroatoms. The molecule has 1 N–H and O–H groups in total. The van der Waals surface area contributed by atoms with Crippen molar-refractivity contribution in [1.82, 2.24) is 9.46 Å². The van der Waals surface area contributed by atoms with Crippen LogP contribution in [0.1, 0.15) is 48.4 Å². The Morgan fingerprint density at radius 3 is 2.57 bits per heavy atom. The van der Waals surface area contributed by atoms with E-state index >= 15 is 0 Å². The molecule has 23 heavy (non-hydrogen) atoms. The number of aromatic nitrogens is 1. The van der Waals surface area contributed by atoms with E-state index < -0.39 is 21.2 Å². The summed E-state index contributed by atoms with van der Waals surface area (Å²) in [5.74, 6) is -1.32. The van der Waals surface area contributed by atoms with Gasteiger partial charge in [-0.2, -0.15) is 0 Å². The first-order valence-electron chi connectivity index (χ1n) is 7.70. The molecule has 8 nitrogen and oxygen atoms in total. The molecule has 2 fully saturated rings. The Morgan fingerprint density at radius 2 is 2.04 bits per heavy atom. The van der Waals surface area contributed by atoms with Crippen molar-refractivity contribution in [1.29, 1.82) is 0 Å². The number of piperidine rings is 1. The summed E-state index contributed by atoms with van der Waals surface area (Å²) in [5, 5.41) is 12.2. The van der Waals surface area contributed by atoms with E-state index in [0.29, 0.717) is 44.7 Å². The first kappa shape index (κ1) is 16.4. The maximum absolute atomic E-state index is 12.7. The summed E-state index contributed by atoms with van der Waals surface area (Å²) in [6, 6.07) is 1.42. The second-order valence-corrected chi connectivity index (χ2v) is 8.19. The van der Waals surface area contributed by atoms with E-state index in [4.69, 9.17) is 14.4 Å². The third-order valence-corrected chi connectivity index (χ3v) is 7.13. The van der Waals surface area contributed by atoms with Gasteiger partial charge in [-0.25, -0.2) is 17.5 Å². The molecule has 0 bridgehead atoms. The number of rotatable bonds is 4. The highest BCUT2D eigenvalue weighted by atomic mass is 32.2. The molecular weight excluding hydrogens is 324 g/mol. The quantitative estimate of drug-likeness (QED) is 0.869. The predicted octanol–water partition coefficient (Wildman–Crippen LogP) is 1.06. The Bertz CT molecular complexity index is 677. The van der Waals surface area contributed by atoms with Crippen LogP contribution in [-0.4, -0.2) is 60.0 Å². The molecule has 2 aliphatic heterocycles. The standard InChI is InChI=1S/C14H20N2O6S/c1-9-13(4-7-21-9)23(19,20)16-5-2-10(3-6-16)11-8-12(14(17)18)22-15-11/h8-10,13H,2-7H2,1H3,(H,17,18). The fraction of sp³-hybridized carbons (Fsp3) is 0.714. The van der Waals surface area contributed by atoms with Gasteiger partial charge >= 0.3 is 5.97 Å². The second-order valence-electron chi connectivity index (χ2n) is 6.04. The first-order valence-corrected chi connectivity index (χ1v) is 9.20. The van der Waals surface area contributed by atoms with Crippen LogP contribution in [0.3, 0.4) is 0 Å². The highest BCUT2D eigenvalue weighted by molar-refractivity contribution is 7.89. The Hall–Kier alpha value is -1.45. The molecule has 2 saturated heterocycles. The lowest BCUT2D eigenvalue weighted by atomic mass is 9.94. The van der Waals surface area contributed by atoms with Crippen LogP contribution in [0.2, 0.25) is 0 Å². The van der Waals surface area contributed by atoms with Crippen LogP contribution >= 0.6 is 0 Å². The second kappa shape index (κ2) is 6.21. The molecule has 0 saturated carbocycles. The lowest BCUT2D eigenvalue weighted by Crippen LogP contribution is -2.45. The van der Waals surface area contributed by atoms with E-state index in [9.17, 15) is 13.2 Å². The fourth-order valence-corrected chi connectivity index (χ4v) is 5.34. The number of nitrogens with zero attached hydrogens (tertiary/aromatic N) is 2. The SMILES string of the molecule is CC1OCCC1S(=O)(=O)N1CCC(c2cc(C(=O)O)on2)CC1. The average Bonchev–Trinajstić information content (AvgIpc) is 3.16. The molecule has 0 spiro atoms. The summed E-state index contributed by atoms with van der Waals surface area (Å²) in [6.45, 7) is 3.10. The van der Waals surface area contributed by atoms with Crippen molar-refractivity contribution < 1.29 is 27.6 Å². The van der Waals surface area contributed by atoms with Gasteiger partial charge in [0.1, 0.15) is 5.25 Å². The minimum absolute atomic E-state index is 0.0237. The van der Waals surface area contributed by atoms with Crippen LogP contribution in [0, 0.1) is 0 Å². The minimum atomic E-state index is -3.35. The maximum Gasteiger partial charge on any atom is 0.374 e. The highest BCUT2D eigenvalue weighted by Gasteiger charge is 2.41. The zero-order valence-electron chi connectivity index (χ0n) is 12.8. The molecule has 1 aromatic rings. The predicted molar refractivity (Wildman–Crippen MR) is 79.7 cm³/mol. The van der Waals surface area contributed by atoms with Crippen molar-refractivity contribution in [3.8, 4) is 0 Å². The first-order chi connectivity index (χ1) is 10.9. The van der Waals surface area contributed by atoms with E-state index in [1.807, 2.05) is 0 Å². The van der Waals surface area contributed by atoms with Gasteiger partial charge in [0, 0.05) is 31.7 Å². The molecule has 3 rings (SSSR count). The molecule has 2 unspecified atom stereocenters. The molecular formula is C14H20N2O6S. The zero-order valence-corrected chi connectivity index (χ0v) is 13.7. The Morgan fingerprint density at radius 1 is 1.35 bits per heavy atom. The molecule has 0 aliphatic carbocycles. The van der Waals surface area contributed by atoms with Gasteiger partial charge in [0.05, 0.1) is 11.8 Å². The van der Waals surface area contributed by atoms with E-state index in [2.05, 4.69) is 5.16 Å². The summed E-state index contributed by atoms with van der Waals surface area (Å²) in [6.07, 6.45) is 1.47. The average molecular weight is 344 g/mol. The monoisotopic (exact) mass is 344 g/mol. The zero-order chi connectivity index (χ0) is 16.6. The van der Waals surface area contributed by atoms with E-state index in [0.717, 1.165) is 0 Å². The topological polar surface area (TPSA) is 110 Å². The molecule has 0 aromatic carbocycles. The summed E-state index contributed by atoms with van der Waals surface area (Å²) < 4.78 is 37.0. The van der Waals surface area contributed by atoms with Crippen molar-refractivity contribution in [3.05, 3.63) is 17.5 Å². The summed E-state index contributed by atoms with van der Waals surface area (Å²) in [7, 11) is -3.35. The van der Waals surface area contributed by atoms with Gasteiger partial charge in [0.15, 0.2) is 0 Å². The lowest BCUT2D eigenvalue weighted by Gasteiger charge is -2.32. The van der Waals surface area contributed by atoms with E-state index in [1.54, 1.807) is 6.92 Å². The van der Waals surface area contributed by atoms with Gasteiger partial charge in [-0.1, -0.05) is 5.16 Å². The smallest absolute Gasteiger partial charge is 0.374 e. The largest absolute Gasteiger partial charge is 0.475 e. The number of carbonyl (C=O) groups is 1. The molecule has 3 heterocycles. The summed E-state index contributed by atoms with van der Waals surface area (Å²) in [4.78, 5) is 10.8. The van der Waals surface area contributed by atoms with Crippen LogP contribution in [-0.2, 0) is 14.8 Å². The number of ether oxygens (including phenoxy) is 1. The number of hydrogen-bond donors (Lipinski definition) is 1. The fourth-order valence-electron chi connectivity index (χ4n) is 3.28. The number of carboxylic acid groups (broad SMARTS) is 1. The Labute approximate surface area is 134 Å². The van der Waals surface area contributed by atoms with Gasteiger partial charge in [-0.05, 0) is 26.2 Å². The molecule has 2 atom stereocenters. The molecule has 2 aliphatic rings. The van der Waals surface area contributed by atoms with Crippen molar-refractivity contribution >= 4 is 16.0 Å². The van der Waals surface area contributed by atoms with Gasteiger partial charge in [0.25, 0.3) is 0 Å². The van der Waals surface area contributed by atoms with Gasteiger partial charge in [-0.15, -0.1) is 0 Å². The van der Waals surface area contributed by atoms with Crippen LogP contribution in [0.15, 0.2) is 10.6 Å². The van der Waals surface area contributed by atoms with Crippen LogP contribution in [0.5, 0.6) is 0 Å². The van der Waals surface area contributed by atoms with Gasteiger partial charge < -0.3 is 14.4 Å². The van der Waals surface area contributed by atoms with Crippen molar-refractivity contribution in [2.75, 3.05) is 19.7 Å². The third kappa shape index (κ3) is 3.13. The minimum Gasteiger partial charge on any atom is -0.475 e. The van der Waals surface area contributed by atoms with Crippen molar-refractivity contribution in [3.63, 3.8) is 0 Å². The number of carboxylic acids is 1. The molecule has 0 radical (unpaired) electrons. The van der Waals surface area contributed by atoms with Gasteiger partial charge in [-0.3, -0.25) is 0 Å². The van der Waals surface area contributed by atoms with Crippen molar-refractivity contribution in [2.24, 2.45) is 0 Å². The normalized spacial score (nSPS) is 27.3. The van der Waals surface area contributed by atoms with Crippen LogP contribution in [0.25, 0.3) is 0 Å². The van der Waals surface area contributed by atoms with Crippen LogP contribution < -0.4 is 0 Å². The number of hydrogen-bond acceptors (Lipinski definition) is 6. The maximum atomic E-state index is 12.7. The van der Waals surface area contributed by atoms with E-state index in [-0.39, 0.29) is 17.8 Å². The van der Waals surface area contributed by atoms with Crippen molar-refractivity contribution in [2.45, 2.75) is 43.5 Å². The molecule has 128 valence electrons. The third-order valence-electron chi connectivity index (χ3n) is 4.66. The van der Waals surface area contributed by atoms with Crippen LogP contribution in [0.4, 0.5) is 0 Å².